The summed E-state index contributed by atoms with van der Waals surface area (Å²) in [5.41, 5.74) is 0.977. The fraction of sp³-hybridized carbons (Fsp3) is 0.0476. The van der Waals surface area contributed by atoms with Gasteiger partial charge in [0.05, 0.1) is 16.8 Å². The van der Waals surface area contributed by atoms with E-state index in [1.807, 2.05) is 36.4 Å². The number of amides is 1. The number of hydrogen-bond acceptors (Lipinski definition) is 6. The minimum absolute atomic E-state index is 0.279. The highest BCUT2D eigenvalue weighted by Gasteiger charge is 2.16. The monoisotopic (exact) mass is 389 g/mol. The minimum Gasteiger partial charge on any atom is -0.452 e. The van der Waals surface area contributed by atoms with Crippen LogP contribution in [0.1, 0.15) is 15.9 Å². The first-order valence-electron chi connectivity index (χ1n) is 8.31. The molecule has 0 aliphatic heterocycles. The van der Waals surface area contributed by atoms with E-state index in [9.17, 15) is 9.59 Å². The number of para-hydroxylation sites is 1. The normalized spacial score (nSPS) is 9.96. The minimum atomic E-state index is -0.643. The number of aromatic nitrogens is 1. The lowest BCUT2D eigenvalue weighted by molar-refractivity contribution is -0.119. The van der Waals surface area contributed by atoms with Gasteiger partial charge in [0.15, 0.2) is 6.61 Å². The number of anilines is 1. The van der Waals surface area contributed by atoms with Crippen molar-refractivity contribution in [2.45, 2.75) is 9.92 Å². The van der Waals surface area contributed by atoms with Gasteiger partial charge in [-0.15, -0.1) is 0 Å². The van der Waals surface area contributed by atoms with Crippen LogP contribution in [0, 0.1) is 11.3 Å². The van der Waals surface area contributed by atoms with Gasteiger partial charge in [-0.3, -0.25) is 4.79 Å². The van der Waals surface area contributed by atoms with Gasteiger partial charge in [0.25, 0.3) is 5.91 Å². The van der Waals surface area contributed by atoms with Crippen LogP contribution in [-0.2, 0) is 9.53 Å². The summed E-state index contributed by atoms with van der Waals surface area (Å²) in [5.74, 6) is -1.17. The molecule has 0 unspecified atom stereocenters. The van der Waals surface area contributed by atoms with Crippen LogP contribution in [0.4, 0.5) is 5.69 Å². The van der Waals surface area contributed by atoms with Gasteiger partial charge in [0.1, 0.15) is 11.1 Å². The van der Waals surface area contributed by atoms with Crippen LogP contribution in [0.25, 0.3) is 0 Å². The van der Waals surface area contributed by atoms with Crippen LogP contribution in [0.5, 0.6) is 0 Å². The predicted octanol–water partition coefficient (Wildman–Crippen LogP) is 3.90. The van der Waals surface area contributed by atoms with Crippen LogP contribution in [0.2, 0.25) is 0 Å². The molecule has 0 radical (unpaired) electrons. The van der Waals surface area contributed by atoms with Crippen molar-refractivity contribution in [1.82, 2.24) is 4.98 Å². The molecule has 0 saturated heterocycles. The van der Waals surface area contributed by atoms with Crippen LogP contribution in [-0.4, -0.2) is 23.5 Å². The molecule has 3 rings (SSSR count). The molecule has 28 heavy (non-hydrogen) atoms. The SMILES string of the molecule is N#Cc1ccccc1NC(=O)COC(=O)c1cccnc1Sc1ccccc1. The smallest absolute Gasteiger partial charge is 0.341 e. The van der Waals surface area contributed by atoms with E-state index in [2.05, 4.69) is 10.3 Å². The Hall–Kier alpha value is -3.63. The summed E-state index contributed by atoms with van der Waals surface area (Å²) < 4.78 is 5.13. The van der Waals surface area contributed by atoms with Crippen molar-refractivity contribution in [3.05, 3.63) is 84.1 Å². The molecule has 0 aliphatic carbocycles. The molecular formula is C21H15N3O3S. The first kappa shape index (κ1) is 19.1. The summed E-state index contributed by atoms with van der Waals surface area (Å²) in [5, 5.41) is 12.1. The second-order valence-electron chi connectivity index (χ2n) is 5.55. The van der Waals surface area contributed by atoms with Gasteiger partial charge < -0.3 is 10.1 Å². The van der Waals surface area contributed by atoms with E-state index in [0.29, 0.717) is 16.3 Å². The summed E-state index contributed by atoms with van der Waals surface area (Å²) in [7, 11) is 0. The molecule has 2 aromatic carbocycles. The number of esters is 1. The molecule has 0 bridgehead atoms. The summed E-state index contributed by atoms with van der Waals surface area (Å²) >= 11 is 1.34. The zero-order chi connectivity index (χ0) is 19.8. The molecule has 0 fully saturated rings. The lowest BCUT2D eigenvalue weighted by Gasteiger charge is -2.09. The number of pyridine rings is 1. The van der Waals surface area contributed by atoms with Gasteiger partial charge in [0.2, 0.25) is 0 Å². The molecule has 7 heteroatoms. The number of nitrogens with zero attached hydrogens (tertiary/aromatic N) is 2. The highest BCUT2D eigenvalue weighted by molar-refractivity contribution is 7.99. The molecular weight excluding hydrogens is 374 g/mol. The maximum atomic E-state index is 12.4. The third kappa shape index (κ3) is 4.96. The van der Waals surface area contributed by atoms with E-state index >= 15 is 0 Å². The average Bonchev–Trinajstić information content (AvgIpc) is 2.73. The van der Waals surface area contributed by atoms with Crippen LogP contribution in [0.3, 0.4) is 0 Å². The number of ether oxygens (including phenoxy) is 1. The zero-order valence-electron chi connectivity index (χ0n) is 14.7. The number of nitriles is 1. The molecule has 6 nitrogen and oxygen atoms in total. The Bertz CT molecular complexity index is 1030. The lowest BCUT2D eigenvalue weighted by Crippen LogP contribution is -2.21. The number of hydrogen-bond donors (Lipinski definition) is 1. The van der Waals surface area contributed by atoms with Crippen molar-refractivity contribution in [2.75, 3.05) is 11.9 Å². The summed E-state index contributed by atoms with van der Waals surface area (Å²) in [6, 6.07) is 21.3. The lowest BCUT2D eigenvalue weighted by atomic mass is 10.2. The van der Waals surface area contributed by atoms with Crippen LogP contribution in [0.15, 0.2) is 82.8 Å². The van der Waals surface area contributed by atoms with Gasteiger partial charge in [0, 0.05) is 11.1 Å². The second-order valence-corrected chi connectivity index (χ2v) is 6.62. The number of carbonyl (C=O) groups is 2. The standard InChI is InChI=1S/C21H15N3O3S/c22-13-15-7-4-5-11-18(15)24-19(25)14-27-21(26)17-10-6-12-23-20(17)28-16-8-2-1-3-9-16/h1-12H,14H2,(H,24,25). The Balaban J connectivity index is 1.64. The van der Waals surface area contributed by atoms with E-state index < -0.39 is 18.5 Å². The Labute approximate surface area is 166 Å². The van der Waals surface area contributed by atoms with Crippen molar-refractivity contribution >= 4 is 29.3 Å². The molecule has 0 spiro atoms. The summed E-state index contributed by atoms with van der Waals surface area (Å²) in [6.07, 6.45) is 1.59. The maximum absolute atomic E-state index is 12.4. The molecule has 1 heterocycles. The van der Waals surface area contributed by atoms with Crippen molar-refractivity contribution in [2.24, 2.45) is 0 Å². The number of nitrogens with one attached hydrogen (secondary N) is 1. The van der Waals surface area contributed by atoms with E-state index in [0.717, 1.165) is 4.90 Å². The Kier molecular flexibility index (Phi) is 6.39. The van der Waals surface area contributed by atoms with E-state index in [1.165, 1.54) is 11.8 Å². The Morgan fingerprint density at radius 2 is 1.79 bits per heavy atom. The van der Waals surface area contributed by atoms with Crippen molar-refractivity contribution in [1.29, 1.82) is 5.26 Å². The average molecular weight is 389 g/mol. The van der Waals surface area contributed by atoms with Crippen molar-refractivity contribution < 1.29 is 14.3 Å². The summed E-state index contributed by atoms with van der Waals surface area (Å²) in [4.78, 5) is 29.7. The first-order chi connectivity index (χ1) is 13.7. The number of benzene rings is 2. The van der Waals surface area contributed by atoms with Crippen LogP contribution >= 0.6 is 11.8 Å². The molecule has 3 aromatic rings. The number of carbonyl (C=O) groups excluding carboxylic acids is 2. The topological polar surface area (TPSA) is 92.1 Å². The molecule has 0 saturated carbocycles. The first-order valence-corrected chi connectivity index (χ1v) is 9.13. The molecule has 0 aliphatic rings. The fourth-order valence-corrected chi connectivity index (χ4v) is 3.20. The third-order valence-corrected chi connectivity index (χ3v) is 4.63. The predicted molar refractivity (Wildman–Crippen MR) is 105 cm³/mol. The van der Waals surface area contributed by atoms with Crippen molar-refractivity contribution in [3.63, 3.8) is 0 Å². The second kappa shape index (κ2) is 9.35. The van der Waals surface area contributed by atoms with E-state index in [-0.39, 0.29) is 5.56 Å². The molecule has 138 valence electrons. The van der Waals surface area contributed by atoms with Gasteiger partial charge in [-0.2, -0.15) is 5.26 Å². The number of rotatable bonds is 6. The Morgan fingerprint density at radius 3 is 2.57 bits per heavy atom. The van der Waals surface area contributed by atoms with Gasteiger partial charge >= 0.3 is 5.97 Å². The van der Waals surface area contributed by atoms with Gasteiger partial charge in [-0.05, 0) is 36.4 Å². The summed E-state index contributed by atoms with van der Waals surface area (Å²) in [6.45, 7) is -0.469. The maximum Gasteiger partial charge on any atom is 0.341 e. The molecule has 1 aromatic heterocycles. The third-order valence-electron chi connectivity index (χ3n) is 3.60. The highest BCUT2D eigenvalue weighted by atomic mass is 32.2. The van der Waals surface area contributed by atoms with E-state index in [1.54, 1.807) is 42.6 Å². The highest BCUT2D eigenvalue weighted by Crippen LogP contribution is 2.28. The molecule has 1 N–H and O–H groups in total. The quantitative estimate of drug-likeness (QED) is 0.643. The zero-order valence-corrected chi connectivity index (χ0v) is 15.5. The largest absolute Gasteiger partial charge is 0.452 e. The fourth-order valence-electron chi connectivity index (χ4n) is 2.31. The van der Waals surface area contributed by atoms with Crippen LogP contribution < -0.4 is 5.32 Å². The molecule has 1 amide bonds. The van der Waals surface area contributed by atoms with E-state index in [4.69, 9.17) is 10.00 Å². The van der Waals surface area contributed by atoms with Crippen molar-refractivity contribution in [3.8, 4) is 6.07 Å². The molecule has 0 atom stereocenters. The van der Waals surface area contributed by atoms with Gasteiger partial charge in [-0.25, -0.2) is 9.78 Å². The van der Waals surface area contributed by atoms with Gasteiger partial charge in [-0.1, -0.05) is 42.1 Å². The Morgan fingerprint density at radius 1 is 1.04 bits per heavy atom.